The Kier molecular flexibility index (Phi) is 3.37. The van der Waals surface area contributed by atoms with Crippen LogP contribution in [0.15, 0.2) is 12.0 Å². The van der Waals surface area contributed by atoms with Gasteiger partial charge in [0.25, 0.3) is 0 Å². The van der Waals surface area contributed by atoms with Gasteiger partial charge in [-0.3, -0.25) is 9.69 Å². The van der Waals surface area contributed by atoms with Gasteiger partial charge in [-0.05, 0) is 32.1 Å². The summed E-state index contributed by atoms with van der Waals surface area (Å²) >= 11 is 0. The Hall–Kier alpha value is -0.983. The van der Waals surface area contributed by atoms with Crippen molar-refractivity contribution in [3.05, 3.63) is 12.0 Å². The lowest BCUT2D eigenvalue weighted by molar-refractivity contribution is -0.184. The van der Waals surface area contributed by atoms with Gasteiger partial charge in [0.1, 0.15) is 0 Å². The first-order valence-electron chi connectivity index (χ1n) is 4.89. The molecule has 0 bridgehead atoms. The van der Waals surface area contributed by atoms with E-state index in [1.54, 1.807) is 0 Å². The molecule has 0 N–H and O–H groups in total. The Morgan fingerprint density at radius 3 is 2.44 bits per heavy atom. The first-order valence-corrected chi connectivity index (χ1v) is 8.30. The molecule has 0 aromatic rings. The van der Waals surface area contributed by atoms with Gasteiger partial charge >= 0.3 is 12.1 Å². The van der Waals surface area contributed by atoms with Crippen molar-refractivity contribution < 1.29 is 22.4 Å². The molecule has 16 heavy (non-hydrogen) atoms. The summed E-state index contributed by atoms with van der Waals surface area (Å²) in [4.78, 5) is 11.7. The molecule has 0 aromatic carbocycles. The molecule has 92 valence electrons. The van der Waals surface area contributed by atoms with E-state index >= 15 is 0 Å². The van der Waals surface area contributed by atoms with Gasteiger partial charge in [-0.15, -0.1) is 0 Å². The van der Waals surface area contributed by atoms with Crippen molar-refractivity contribution in [2.24, 2.45) is 0 Å². The summed E-state index contributed by atoms with van der Waals surface area (Å²) in [5, 5.41) is 0. The second-order valence-corrected chi connectivity index (χ2v) is 8.93. The summed E-state index contributed by atoms with van der Waals surface area (Å²) in [5.41, 5.74) is 0. The molecule has 0 fully saturated rings. The number of hydrogen-bond acceptors (Lipinski definition) is 2. The predicted molar refractivity (Wildman–Crippen MR) is 54.9 cm³/mol. The van der Waals surface area contributed by atoms with Gasteiger partial charge in [0.15, 0.2) is 5.88 Å². The standard InChI is InChI=1S/C9H14F3NO2Si/c1-16(2,3)15-7-5-4-6-13(7)8(14)9(10,11)12/h5H,4,6H2,1-3H3. The second kappa shape index (κ2) is 4.12. The van der Waals surface area contributed by atoms with Crippen LogP contribution >= 0.6 is 0 Å². The Morgan fingerprint density at radius 1 is 1.44 bits per heavy atom. The molecular formula is C9H14F3NO2Si. The number of rotatable bonds is 2. The molecule has 1 heterocycles. The lowest BCUT2D eigenvalue weighted by Crippen LogP contribution is -2.41. The average Bonchev–Trinajstić information content (AvgIpc) is 2.46. The van der Waals surface area contributed by atoms with Crippen molar-refractivity contribution in [2.75, 3.05) is 6.54 Å². The SMILES string of the molecule is C[Si](C)(C)OC1=CCCN1C(=O)C(F)(F)F. The molecule has 0 atom stereocenters. The molecule has 1 rings (SSSR count). The molecule has 0 aliphatic carbocycles. The molecule has 7 heteroatoms. The summed E-state index contributed by atoms with van der Waals surface area (Å²) in [5.74, 6) is -1.80. The summed E-state index contributed by atoms with van der Waals surface area (Å²) in [6.07, 6.45) is -2.91. The molecular weight excluding hydrogens is 239 g/mol. The van der Waals surface area contributed by atoms with Crippen LogP contribution in [-0.4, -0.2) is 31.8 Å². The van der Waals surface area contributed by atoms with Crippen LogP contribution in [0.4, 0.5) is 13.2 Å². The highest BCUT2D eigenvalue weighted by Crippen LogP contribution is 2.27. The van der Waals surface area contributed by atoms with Crippen LogP contribution in [-0.2, 0) is 9.22 Å². The summed E-state index contributed by atoms with van der Waals surface area (Å²) in [6, 6.07) is 0. The molecule has 1 aliphatic rings. The van der Waals surface area contributed by atoms with Crippen LogP contribution in [0, 0.1) is 0 Å². The van der Waals surface area contributed by atoms with Crippen LogP contribution in [0.25, 0.3) is 0 Å². The fourth-order valence-corrected chi connectivity index (χ4v) is 2.12. The van der Waals surface area contributed by atoms with Gasteiger partial charge in [-0.2, -0.15) is 13.2 Å². The molecule has 0 radical (unpaired) electrons. The van der Waals surface area contributed by atoms with Crippen LogP contribution in [0.1, 0.15) is 6.42 Å². The van der Waals surface area contributed by atoms with Gasteiger partial charge in [0.05, 0.1) is 0 Å². The van der Waals surface area contributed by atoms with Crippen molar-refractivity contribution in [3.63, 3.8) is 0 Å². The minimum Gasteiger partial charge on any atom is -0.533 e. The zero-order chi connectivity index (χ0) is 12.6. The van der Waals surface area contributed by atoms with Gasteiger partial charge in [-0.25, -0.2) is 0 Å². The Bertz CT molecular complexity index is 320. The lowest BCUT2D eigenvalue weighted by Gasteiger charge is -2.27. The third-order valence-corrected chi connectivity index (χ3v) is 2.66. The monoisotopic (exact) mass is 253 g/mol. The maximum atomic E-state index is 12.2. The fourth-order valence-electron chi connectivity index (χ4n) is 1.30. The van der Waals surface area contributed by atoms with E-state index in [0.717, 1.165) is 0 Å². The Morgan fingerprint density at radius 2 is 2.00 bits per heavy atom. The normalized spacial score (nSPS) is 17.4. The molecule has 3 nitrogen and oxygen atoms in total. The van der Waals surface area contributed by atoms with Crippen LogP contribution in [0.3, 0.4) is 0 Å². The van der Waals surface area contributed by atoms with Gasteiger partial charge in [0.2, 0.25) is 8.32 Å². The van der Waals surface area contributed by atoms with E-state index in [0.29, 0.717) is 11.3 Å². The number of alkyl halides is 3. The van der Waals surface area contributed by atoms with E-state index in [1.165, 1.54) is 6.08 Å². The molecule has 0 unspecified atom stereocenters. The first-order chi connectivity index (χ1) is 7.11. The van der Waals surface area contributed by atoms with Gasteiger partial charge in [0, 0.05) is 6.54 Å². The topological polar surface area (TPSA) is 29.5 Å². The van der Waals surface area contributed by atoms with Gasteiger partial charge < -0.3 is 4.43 Å². The quantitative estimate of drug-likeness (QED) is 0.707. The van der Waals surface area contributed by atoms with Crippen molar-refractivity contribution >= 4 is 14.2 Å². The number of carbonyl (C=O) groups excluding carboxylic acids is 1. The van der Waals surface area contributed by atoms with E-state index in [2.05, 4.69) is 0 Å². The first kappa shape index (κ1) is 13.1. The van der Waals surface area contributed by atoms with Crippen molar-refractivity contribution in [2.45, 2.75) is 32.2 Å². The summed E-state index contributed by atoms with van der Waals surface area (Å²) in [7, 11) is -2.00. The molecule has 0 saturated heterocycles. The lowest BCUT2D eigenvalue weighted by atomic mass is 10.4. The summed E-state index contributed by atoms with van der Waals surface area (Å²) < 4.78 is 42.2. The maximum absolute atomic E-state index is 12.2. The molecule has 1 aliphatic heterocycles. The van der Waals surface area contributed by atoms with E-state index < -0.39 is 20.4 Å². The Labute approximate surface area is 93.0 Å². The average molecular weight is 253 g/mol. The summed E-state index contributed by atoms with van der Waals surface area (Å²) in [6.45, 7) is 5.59. The van der Waals surface area contributed by atoms with E-state index in [4.69, 9.17) is 4.43 Å². The van der Waals surface area contributed by atoms with E-state index in [1.807, 2.05) is 19.6 Å². The molecule has 0 saturated carbocycles. The fraction of sp³-hybridized carbons (Fsp3) is 0.667. The number of nitrogens with zero attached hydrogens (tertiary/aromatic N) is 1. The third kappa shape index (κ3) is 3.26. The maximum Gasteiger partial charge on any atom is 0.471 e. The second-order valence-electron chi connectivity index (χ2n) is 4.50. The number of carbonyl (C=O) groups is 1. The van der Waals surface area contributed by atoms with Crippen LogP contribution in [0.2, 0.25) is 19.6 Å². The van der Waals surface area contributed by atoms with E-state index in [-0.39, 0.29) is 12.4 Å². The molecule has 0 spiro atoms. The largest absolute Gasteiger partial charge is 0.533 e. The van der Waals surface area contributed by atoms with Gasteiger partial charge in [-0.1, -0.05) is 0 Å². The van der Waals surface area contributed by atoms with Crippen LogP contribution in [0.5, 0.6) is 0 Å². The predicted octanol–water partition coefficient (Wildman–Crippen LogP) is 2.47. The van der Waals surface area contributed by atoms with Crippen molar-refractivity contribution in [3.8, 4) is 0 Å². The zero-order valence-electron chi connectivity index (χ0n) is 9.39. The minimum absolute atomic E-state index is 0.0398. The smallest absolute Gasteiger partial charge is 0.471 e. The number of amides is 1. The number of halogens is 3. The minimum atomic E-state index is -4.84. The number of hydrogen-bond donors (Lipinski definition) is 0. The van der Waals surface area contributed by atoms with Crippen molar-refractivity contribution in [1.29, 1.82) is 0 Å². The van der Waals surface area contributed by atoms with E-state index in [9.17, 15) is 18.0 Å². The highest BCUT2D eigenvalue weighted by atomic mass is 28.4. The highest BCUT2D eigenvalue weighted by Gasteiger charge is 2.45. The van der Waals surface area contributed by atoms with Crippen LogP contribution < -0.4 is 0 Å². The zero-order valence-corrected chi connectivity index (χ0v) is 10.4. The Balaban J connectivity index is 2.77. The molecule has 1 amide bonds. The highest BCUT2D eigenvalue weighted by molar-refractivity contribution is 6.70. The third-order valence-electron chi connectivity index (χ3n) is 1.84. The molecule has 0 aromatic heterocycles. The van der Waals surface area contributed by atoms with Crippen molar-refractivity contribution in [1.82, 2.24) is 4.90 Å².